The van der Waals surface area contributed by atoms with Crippen molar-refractivity contribution in [3.63, 3.8) is 0 Å². The molecule has 6 nitrogen and oxygen atoms in total. The summed E-state index contributed by atoms with van der Waals surface area (Å²) in [5.74, 6) is -0.463. The van der Waals surface area contributed by atoms with Gasteiger partial charge in [-0.3, -0.25) is 14.7 Å². The number of carbonyl (C=O) groups is 2. The largest absolute Gasteiger partial charge is 0.326 e. The Labute approximate surface area is 188 Å². The molecule has 0 unspecified atom stereocenters. The molecule has 2 heterocycles. The predicted octanol–water partition coefficient (Wildman–Crippen LogP) is 5.63. The molecule has 4 rings (SSSR count). The highest BCUT2D eigenvalue weighted by molar-refractivity contribution is 6.41. The molecule has 9 heteroatoms. The van der Waals surface area contributed by atoms with Gasteiger partial charge in [-0.2, -0.15) is 0 Å². The second-order valence-electron chi connectivity index (χ2n) is 7.01. The lowest BCUT2D eigenvalue weighted by Crippen LogP contribution is -2.30. The van der Waals surface area contributed by atoms with Gasteiger partial charge < -0.3 is 10.2 Å². The Balaban J connectivity index is 1.84. The fourth-order valence-corrected chi connectivity index (χ4v) is 4.36. The first kappa shape index (κ1) is 20.7. The monoisotopic (exact) mass is 462 g/mol. The molecule has 3 aromatic rings. The minimum Gasteiger partial charge on any atom is -0.326 e. The van der Waals surface area contributed by atoms with E-state index in [0.29, 0.717) is 40.4 Å². The summed E-state index contributed by atoms with van der Waals surface area (Å²) in [7, 11) is 1.75. The van der Waals surface area contributed by atoms with E-state index in [2.05, 4.69) is 10.3 Å². The molecule has 2 aromatic carbocycles. The highest BCUT2D eigenvalue weighted by Gasteiger charge is 2.30. The Morgan fingerprint density at radius 1 is 1.07 bits per heavy atom. The summed E-state index contributed by atoms with van der Waals surface area (Å²) in [5.41, 5.74) is 2.59. The van der Waals surface area contributed by atoms with E-state index in [9.17, 15) is 9.59 Å². The second-order valence-corrected chi connectivity index (χ2v) is 8.24. The number of benzene rings is 2. The summed E-state index contributed by atoms with van der Waals surface area (Å²) in [6, 6.07) is 8.08. The number of urea groups is 1. The lowest BCUT2D eigenvalue weighted by Gasteiger charge is -2.22. The molecule has 0 saturated carbocycles. The zero-order valence-electron chi connectivity index (χ0n) is 16.2. The number of aryl methyl sites for hydroxylation is 1. The number of hydrogen-bond donors (Lipinski definition) is 1. The van der Waals surface area contributed by atoms with Crippen LogP contribution in [0.1, 0.15) is 15.9 Å². The number of rotatable bonds is 3. The van der Waals surface area contributed by atoms with Gasteiger partial charge in [-0.1, -0.05) is 40.9 Å². The molecule has 0 bridgehead atoms. The second kappa shape index (κ2) is 7.95. The number of hydrogen-bond acceptors (Lipinski definition) is 3. The molecular weight excluding hydrogens is 447 g/mol. The van der Waals surface area contributed by atoms with E-state index in [4.69, 9.17) is 34.8 Å². The molecule has 154 valence electrons. The summed E-state index contributed by atoms with van der Waals surface area (Å²) < 4.78 is 0. The minimum atomic E-state index is -0.463. The van der Waals surface area contributed by atoms with E-state index in [1.807, 2.05) is 6.92 Å². The van der Waals surface area contributed by atoms with E-state index in [1.54, 1.807) is 53.4 Å². The van der Waals surface area contributed by atoms with Crippen molar-refractivity contribution in [2.75, 3.05) is 30.4 Å². The van der Waals surface area contributed by atoms with Crippen LogP contribution in [-0.2, 0) is 0 Å². The minimum absolute atomic E-state index is 0.112. The lowest BCUT2D eigenvalue weighted by atomic mass is 10.1. The first-order valence-electron chi connectivity index (χ1n) is 9.15. The highest BCUT2D eigenvalue weighted by atomic mass is 35.5. The van der Waals surface area contributed by atoms with Crippen LogP contribution in [0.2, 0.25) is 15.1 Å². The van der Waals surface area contributed by atoms with E-state index < -0.39 is 5.91 Å². The van der Waals surface area contributed by atoms with Gasteiger partial charge in [-0.25, -0.2) is 4.79 Å². The van der Waals surface area contributed by atoms with Gasteiger partial charge in [0, 0.05) is 31.7 Å². The zero-order valence-corrected chi connectivity index (χ0v) is 18.4. The van der Waals surface area contributed by atoms with Crippen molar-refractivity contribution in [2.24, 2.45) is 0 Å². The van der Waals surface area contributed by atoms with Crippen molar-refractivity contribution >= 4 is 69.0 Å². The molecular formula is C21H17Cl3N4O2. The average Bonchev–Trinajstić information content (AvgIpc) is 3.02. The van der Waals surface area contributed by atoms with Crippen LogP contribution in [0.3, 0.4) is 0 Å². The van der Waals surface area contributed by atoms with Crippen LogP contribution in [0, 0.1) is 6.92 Å². The molecule has 1 N–H and O–H groups in total. The smallest absolute Gasteiger partial charge is 0.324 e. The van der Waals surface area contributed by atoms with Crippen molar-refractivity contribution in [3.05, 3.63) is 62.7 Å². The molecule has 0 radical (unpaired) electrons. The summed E-state index contributed by atoms with van der Waals surface area (Å²) >= 11 is 18.9. The molecule has 0 spiro atoms. The van der Waals surface area contributed by atoms with Crippen molar-refractivity contribution in [3.8, 4) is 0 Å². The van der Waals surface area contributed by atoms with Crippen molar-refractivity contribution in [1.29, 1.82) is 0 Å². The molecule has 1 aromatic heterocycles. The number of likely N-dealkylation sites (N-methyl/N-ethyl adjacent to an activating group) is 1. The average molecular weight is 464 g/mol. The maximum absolute atomic E-state index is 12.9. The predicted molar refractivity (Wildman–Crippen MR) is 121 cm³/mol. The number of anilines is 2. The highest BCUT2D eigenvalue weighted by Crippen LogP contribution is 2.39. The number of pyridine rings is 1. The Bertz CT molecular complexity index is 1180. The number of halogens is 3. The number of carbonyl (C=O) groups excluding carboxylic acids is 2. The Morgan fingerprint density at radius 2 is 1.77 bits per heavy atom. The van der Waals surface area contributed by atoms with Gasteiger partial charge in [-0.15, -0.1) is 0 Å². The lowest BCUT2D eigenvalue weighted by molar-refractivity contribution is 0.102. The number of nitrogens with one attached hydrogen (secondary N) is 1. The van der Waals surface area contributed by atoms with Crippen LogP contribution < -0.4 is 10.2 Å². The fourth-order valence-electron chi connectivity index (χ4n) is 3.55. The van der Waals surface area contributed by atoms with E-state index in [1.165, 1.54) is 0 Å². The van der Waals surface area contributed by atoms with Gasteiger partial charge in [0.2, 0.25) is 0 Å². The van der Waals surface area contributed by atoms with Crippen LogP contribution >= 0.6 is 34.8 Å². The van der Waals surface area contributed by atoms with Gasteiger partial charge in [0.15, 0.2) is 0 Å². The Kier molecular flexibility index (Phi) is 5.49. The topological polar surface area (TPSA) is 65.5 Å². The molecule has 0 aliphatic carbocycles. The molecule has 0 atom stereocenters. The molecule has 1 saturated heterocycles. The Morgan fingerprint density at radius 3 is 2.40 bits per heavy atom. The van der Waals surface area contributed by atoms with Gasteiger partial charge >= 0.3 is 6.03 Å². The summed E-state index contributed by atoms with van der Waals surface area (Å²) in [5, 5.41) is 4.35. The van der Waals surface area contributed by atoms with Crippen molar-refractivity contribution in [1.82, 2.24) is 9.88 Å². The molecule has 3 amide bonds. The maximum Gasteiger partial charge on any atom is 0.324 e. The van der Waals surface area contributed by atoms with E-state index >= 15 is 0 Å². The summed E-state index contributed by atoms with van der Waals surface area (Å²) in [6.45, 7) is 3.02. The van der Waals surface area contributed by atoms with Crippen LogP contribution in [-0.4, -0.2) is 42.0 Å². The number of amides is 3. The van der Waals surface area contributed by atoms with Crippen LogP contribution in [0.15, 0.2) is 36.5 Å². The first-order chi connectivity index (χ1) is 14.3. The van der Waals surface area contributed by atoms with Crippen LogP contribution in [0.25, 0.3) is 10.9 Å². The number of aromatic nitrogens is 1. The fraction of sp³-hybridized carbons (Fsp3) is 0.190. The quantitative estimate of drug-likeness (QED) is 0.547. The van der Waals surface area contributed by atoms with E-state index in [0.717, 1.165) is 5.56 Å². The third-order valence-electron chi connectivity index (χ3n) is 5.05. The Hall–Kier alpha value is -2.54. The van der Waals surface area contributed by atoms with Crippen molar-refractivity contribution in [2.45, 2.75) is 6.92 Å². The third-order valence-corrected chi connectivity index (χ3v) is 5.99. The van der Waals surface area contributed by atoms with Crippen molar-refractivity contribution < 1.29 is 9.59 Å². The van der Waals surface area contributed by atoms with Crippen LogP contribution in [0.5, 0.6) is 0 Å². The summed E-state index contributed by atoms with van der Waals surface area (Å²) in [4.78, 5) is 33.3. The maximum atomic E-state index is 12.9. The SMILES string of the molecule is Cc1cnc2c(NC(=O)c3c(Cl)cccc3Cl)ccc(Cl)c2c1N1CCN(C)C1=O. The molecule has 30 heavy (non-hydrogen) atoms. The third kappa shape index (κ3) is 3.45. The van der Waals surface area contributed by atoms with Gasteiger partial charge in [0.1, 0.15) is 0 Å². The first-order valence-corrected chi connectivity index (χ1v) is 10.3. The molecule has 1 aliphatic rings. The van der Waals surface area contributed by atoms with Gasteiger partial charge in [0.25, 0.3) is 5.91 Å². The van der Waals surface area contributed by atoms with Gasteiger partial charge in [0.05, 0.1) is 37.5 Å². The number of nitrogens with zero attached hydrogens (tertiary/aromatic N) is 3. The molecule has 1 fully saturated rings. The van der Waals surface area contributed by atoms with Gasteiger partial charge in [-0.05, 0) is 36.8 Å². The molecule has 1 aliphatic heterocycles. The summed E-state index contributed by atoms with van der Waals surface area (Å²) in [6.07, 6.45) is 1.66. The number of fused-ring (bicyclic) bond motifs is 1. The van der Waals surface area contributed by atoms with E-state index in [-0.39, 0.29) is 21.6 Å². The standard InChI is InChI=1S/C21H17Cl3N4O2/c1-11-10-25-18-15(26-20(29)16-12(22)4-3-5-13(16)23)7-6-14(24)17(18)19(11)28-9-8-27(2)21(28)30/h3-7,10H,8-9H2,1-2H3,(H,26,29). The van der Waals surface area contributed by atoms with Crippen LogP contribution in [0.4, 0.5) is 16.2 Å². The zero-order chi connectivity index (χ0) is 21.6. The normalized spacial score (nSPS) is 14.0.